The van der Waals surface area contributed by atoms with Crippen LogP contribution in [0.1, 0.15) is 13.3 Å². The molecule has 0 radical (unpaired) electrons. The average Bonchev–Trinajstić information content (AvgIpc) is 3.03. The molecule has 0 unspecified atom stereocenters. The van der Waals surface area contributed by atoms with Crippen molar-refractivity contribution < 1.29 is 4.79 Å². The second-order valence-electron chi connectivity index (χ2n) is 6.04. The highest BCUT2D eigenvalue weighted by atomic mass is 16.2. The van der Waals surface area contributed by atoms with Crippen molar-refractivity contribution in [1.82, 2.24) is 19.9 Å². The summed E-state index contributed by atoms with van der Waals surface area (Å²) in [6, 6.07) is 2.14. The Bertz CT molecular complexity index is 748. The number of likely N-dealkylation sites (tertiary alicyclic amines) is 1. The second-order valence-corrected chi connectivity index (χ2v) is 6.04. The van der Waals surface area contributed by atoms with E-state index in [4.69, 9.17) is 6.57 Å². The molecule has 23 heavy (non-hydrogen) atoms. The predicted octanol–water partition coefficient (Wildman–Crippen LogP) is 1.55. The lowest BCUT2D eigenvalue weighted by atomic mass is 9.92. The number of anilines is 1. The molecule has 1 saturated heterocycles. The van der Waals surface area contributed by atoms with Crippen LogP contribution in [0.4, 0.5) is 5.82 Å². The molecule has 2 aromatic rings. The minimum atomic E-state index is -0.0835. The highest BCUT2D eigenvalue weighted by Crippen LogP contribution is 2.28. The summed E-state index contributed by atoms with van der Waals surface area (Å²) in [5.74, 6) is 1.23. The summed E-state index contributed by atoms with van der Waals surface area (Å²) in [6.45, 7) is 10.4. The van der Waals surface area contributed by atoms with Crippen LogP contribution in [0.5, 0.6) is 0 Å². The number of aromatic nitrogens is 3. The van der Waals surface area contributed by atoms with E-state index < -0.39 is 0 Å². The molecule has 1 aliphatic rings. The molecule has 1 aliphatic heterocycles. The Morgan fingerprint density at radius 1 is 1.57 bits per heavy atom. The van der Waals surface area contributed by atoms with E-state index in [9.17, 15) is 4.79 Å². The normalized spacial score (nSPS) is 21.2. The number of piperidine rings is 1. The summed E-state index contributed by atoms with van der Waals surface area (Å²) in [5.41, 5.74) is 0.811. The number of likely N-dealkylation sites (N-methyl/N-ethyl adjacent to an activating group) is 1. The third kappa shape index (κ3) is 2.84. The zero-order valence-corrected chi connectivity index (χ0v) is 13.4. The van der Waals surface area contributed by atoms with Gasteiger partial charge in [-0.2, -0.15) is 0 Å². The fourth-order valence-corrected chi connectivity index (χ4v) is 3.24. The van der Waals surface area contributed by atoms with Crippen LogP contribution in [-0.4, -0.2) is 58.5 Å². The van der Waals surface area contributed by atoms with E-state index in [2.05, 4.69) is 31.6 Å². The van der Waals surface area contributed by atoms with Crippen molar-refractivity contribution in [2.45, 2.75) is 19.4 Å². The lowest BCUT2D eigenvalue weighted by Gasteiger charge is -2.41. The fraction of sp³-hybridized carbons (Fsp3) is 0.500. The zero-order chi connectivity index (χ0) is 16.4. The van der Waals surface area contributed by atoms with Crippen molar-refractivity contribution in [1.29, 1.82) is 0 Å². The van der Waals surface area contributed by atoms with E-state index in [1.54, 1.807) is 11.2 Å². The molecule has 0 aromatic carbocycles. The number of H-pyrrole nitrogens is 1. The van der Waals surface area contributed by atoms with E-state index in [-0.39, 0.29) is 18.5 Å². The minimum Gasteiger partial charge on any atom is -0.354 e. The van der Waals surface area contributed by atoms with Crippen LogP contribution in [0.2, 0.25) is 0 Å². The van der Waals surface area contributed by atoms with Crippen molar-refractivity contribution in [3.05, 3.63) is 30.0 Å². The van der Waals surface area contributed by atoms with Crippen LogP contribution in [0.15, 0.2) is 18.6 Å². The van der Waals surface area contributed by atoms with E-state index in [0.29, 0.717) is 12.5 Å². The summed E-state index contributed by atoms with van der Waals surface area (Å²) in [4.78, 5) is 31.0. The number of fused-ring (bicyclic) bond motifs is 1. The largest absolute Gasteiger partial charge is 0.354 e. The maximum absolute atomic E-state index is 12.0. The maximum Gasteiger partial charge on any atom is 0.302 e. The molecule has 1 amide bonds. The van der Waals surface area contributed by atoms with E-state index >= 15 is 0 Å². The van der Waals surface area contributed by atoms with Crippen LogP contribution in [0.25, 0.3) is 15.9 Å². The molecule has 0 spiro atoms. The third-order valence-corrected chi connectivity index (χ3v) is 4.65. The van der Waals surface area contributed by atoms with Crippen LogP contribution < -0.4 is 4.90 Å². The maximum atomic E-state index is 12.0. The molecule has 0 bridgehead atoms. The van der Waals surface area contributed by atoms with Gasteiger partial charge in [0.1, 0.15) is 17.8 Å². The highest BCUT2D eigenvalue weighted by molar-refractivity contribution is 5.87. The van der Waals surface area contributed by atoms with Gasteiger partial charge in [0.25, 0.3) is 6.54 Å². The van der Waals surface area contributed by atoms with Gasteiger partial charge >= 0.3 is 5.91 Å². The van der Waals surface area contributed by atoms with Crippen molar-refractivity contribution in [3.8, 4) is 0 Å². The summed E-state index contributed by atoms with van der Waals surface area (Å²) in [6.07, 6.45) is 4.34. The van der Waals surface area contributed by atoms with Crippen LogP contribution in [-0.2, 0) is 4.79 Å². The molecular formula is C16H20N6O. The van der Waals surface area contributed by atoms with Gasteiger partial charge in [0.15, 0.2) is 0 Å². The predicted molar refractivity (Wildman–Crippen MR) is 87.9 cm³/mol. The summed E-state index contributed by atoms with van der Waals surface area (Å²) < 4.78 is 0. The Morgan fingerprint density at radius 3 is 3.17 bits per heavy atom. The van der Waals surface area contributed by atoms with Gasteiger partial charge < -0.3 is 19.6 Å². The Hall–Kier alpha value is -2.62. The van der Waals surface area contributed by atoms with Gasteiger partial charge in [-0.15, -0.1) is 0 Å². The Labute approximate surface area is 135 Å². The number of nitrogens with one attached hydrogen (secondary N) is 1. The lowest BCUT2D eigenvalue weighted by molar-refractivity contribution is -0.130. The lowest BCUT2D eigenvalue weighted by Crippen LogP contribution is -2.53. The first-order valence-electron chi connectivity index (χ1n) is 7.73. The molecule has 1 N–H and O–H groups in total. The molecule has 7 heteroatoms. The highest BCUT2D eigenvalue weighted by Gasteiger charge is 2.33. The molecule has 0 aliphatic carbocycles. The van der Waals surface area contributed by atoms with Gasteiger partial charge in [0.2, 0.25) is 0 Å². The van der Waals surface area contributed by atoms with Gasteiger partial charge in [-0.05, 0) is 18.4 Å². The van der Waals surface area contributed by atoms with Crippen molar-refractivity contribution >= 4 is 22.8 Å². The van der Waals surface area contributed by atoms with Crippen LogP contribution in [0, 0.1) is 12.5 Å². The first kappa shape index (κ1) is 15.3. The quantitative estimate of drug-likeness (QED) is 0.873. The Kier molecular flexibility index (Phi) is 4.15. The Morgan fingerprint density at radius 2 is 2.39 bits per heavy atom. The van der Waals surface area contributed by atoms with E-state index in [1.807, 2.05) is 19.3 Å². The van der Waals surface area contributed by atoms with Gasteiger partial charge in [-0.3, -0.25) is 4.79 Å². The first-order chi connectivity index (χ1) is 11.1. The van der Waals surface area contributed by atoms with Gasteiger partial charge in [-0.25, -0.2) is 16.5 Å². The number of carbonyl (C=O) groups is 1. The summed E-state index contributed by atoms with van der Waals surface area (Å²) in [5, 5.41) is 0.979. The number of hydrogen-bond acceptors (Lipinski definition) is 4. The van der Waals surface area contributed by atoms with Gasteiger partial charge in [0, 0.05) is 26.3 Å². The first-order valence-corrected chi connectivity index (χ1v) is 7.73. The molecular weight excluding hydrogens is 292 g/mol. The number of nitrogens with zero attached hydrogens (tertiary/aromatic N) is 5. The van der Waals surface area contributed by atoms with Crippen molar-refractivity contribution in [2.75, 3.05) is 31.6 Å². The standard InChI is InChI=1S/C16H20N6O/c1-11-5-7-22(14(23)8-17-2)9-13(11)21(3)16-12-4-6-18-15(12)19-10-20-16/h4,6,10-11,13H,5,7-9H2,1,3H3,(H,18,19,20)/t11-,13+/m1/s1. The molecule has 3 rings (SSSR count). The smallest absolute Gasteiger partial charge is 0.302 e. The summed E-state index contributed by atoms with van der Waals surface area (Å²) in [7, 11) is 2.01. The topological polar surface area (TPSA) is 69.5 Å². The number of hydrogen-bond donors (Lipinski definition) is 1. The van der Waals surface area contributed by atoms with Crippen LogP contribution >= 0.6 is 0 Å². The van der Waals surface area contributed by atoms with Crippen molar-refractivity contribution in [3.63, 3.8) is 0 Å². The molecule has 120 valence electrons. The number of carbonyl (C=O) groups excluding carboxylic acids is 1. The molecule has 0 saturated carbocycles. The summed E-state index contributed by atoms with van der Waals surface area (Å²) >= 11 is 0. The molecule has 7 nitrogen and oxygen atoms in total. The number of amides is 1. The van der Waals surface area contributed by atoms with Crippen molar-refractivity contribution in [2.24, 2.45) is 5.92 Å². The zero-order valence-electron chi connectivity index (χ0n) is 13.4. The number of aromatic amines is 1. The SMILES string of the molecule is [C-]#[N+]CC(=O)N1CC[C@@H](C)[C@@H](N(C)c2ncnc3[nH]ccc23)C1. The molecule has 3 heterocycles. The fourth-order valence-electron chi connectivity index (χ4n) is 3.24. The van der Waals surface area contributed by atoms with E-state index in [1.165, 1.54) is 0 Å². The minimum absolute atomic E-state index is 0.0691. The van der Waals surface area contributed by atoms with Crippen LogP contribution in [0.3, 0.4) is 0 Å². The van der Waals surface area contributed by atoms with Gasteiger partial charge in [-0.1, -0.05) is 6.92 Å². The third-order valence-electron chi connectivity index (χ3n) is 4.65. The second kappa shape index (κ2) is 6.24. The monoisotopic (exact) mass is 312 g/mol. The molecule has 2 atom stereocenters. The molecule has 1 fully saturated rings. The molecule has 2 aromatic heterocycles. The Balaban J connectivity index is 1.85. The van der Waals surface area contributed by atoms with Gasteiger partial charge in [0.05, 0.1) is 11.4 Å². The number of rotatable bonds is 3. The average molecular weight is 312 g/mol. The van der Waals surface area contributed by atoms with E-state index in [0.717, 1.165) is 29.8 Å².